The van der Waals surface area contributed by atoms with Crippen LogP contribution in [0.5, 0.6) is 0 Å². The van der Waals surface area contributed by atoms with Crippen LogP contribution in [0.1, 0.15) is 19.0 Å². The Morgan fingerprint density at radius 3 is 2.73 bits per heavy atom. The lowest BCUT2D eigenvalue weighted by molar-refractivity contribution is 0.584. The number of rotatable bonds is 5. The second-order valence-electron chi connectivity index (χ2n) is 4.98. The van der Waals surface area contributed by atoms with Gasteiger partial charge in [-0.05, 0) is 30.7 Å². The van der Waals surface area contributed by atoms with Crippen LogP contribution in [0.4, 0.5) is 0 Å². The molecule has 4 nitrogen and oxygen atoms in total. The van der Waals surface area contributed by atoms with Crippen LogP contribution in [-0.4, -0.2) is 14.5 Å². The van der Waals surface area contributed by atoms with Crippen molar-refractivity contribution in [2.45, 2.75) is 30.8 Å². The number of pyridine rings is 1. The number of hydrogen-bond donors (Lipinski definition) is 0. The average Bonchev–Trinajstić information content (AvgIpc) is 2.57. The third-order valence-corrected chi connectivity index (χ3v) is 4.36. The number of hydrogen-bond acceptors (Lipinski definition) is 4. The van der Waals surface area contributed by atoms with Gasteiger partial charge in [-0.25, -0.2) is 4.98 Å². The van der Waals surface area contributed by atoms with Gasteiger partial charge in [0.1, 0.15) is 0 Å². The first-order valence-corrected chi connectivity index (χ1v) is 8.30. The summed E-state index contributed by atoms with van der Waals surface area (Å²) in [5, 5.41) is 1.44. The number of thioether (sulfide) groups is 1. The summed E-state index contributed by atoms with van der Waals surface area (Å²) in [6.45, 7) is 2.75. The van der Waals surface area contributed by atoms with Crippen LogP contribution in [-0.2, 0) is 12.3 Å². The zero-order chi connectivity index (χ0) is 15.4. The van der Waals surface area contributed by atoms with Gasteiger partial charge < -0.3 is 0 Å². The molecule has 0 N–H and O–H groups in total. The first-order chi connectivity index (χ1) is 10.8. The third-order valence-electron chi connectivity index (χ3n) is 3.35. The van der Waals surface area contributed by atoms with Gasteiger partial charge in [-0.15, -0.1) is 0 Å². The van der Waals surface area contributed by atoms with Crippen LogP contribution < -0.4 is 5.56 Å². The zero-order valence-electron chi connectivity index (χ0n) is 12.4. The molecular formula is C17H17N3OS. The molecule has 0 spiro atoms. The van der Waals surface area contributed by atoms with E-state index in [-0.39, 0.29) is 5.56 Å². The molecule has 0 saturated heterocycles. The number of aromatic nitrogens is 3. The Bertz CT molecular complexity index is 830. The molecule has 1 aromatic carbocycles. The quantitative estimate of drug-likeness (QED) is 0.534. The molecule has 3 rings (SSSR count). The number of para-hydroxylation sites is 1. The minimum Gasteiger partial charge on any atom is -0.287 e. The molecule has 0 aliphatic carbocycles. The molecule has 0 fully saturated rings. The highest BCUT2D eigenvalue weighted by Gasteiger charge is 2.11. The fourth-order valence-corrected chi connectivity index (χ4v) is 3.24. The van der Waals surface area contributed by atoms with E-state index in [0.717, 1.165) is 22.8 Å². The topological polar surface area (TPSA) is 47.8 Å². The zero-order valence-corrected chi connectivity index (χ0v) is 13.2. The molecule has 3 aromatic rings. The van der Waals surface area contributed by atoms with Gasteiger partial charge in [0.25, 0.3) is 5.56 Å². The first kappa shape index (κ1) is 14.8. The Morgan fingerprint density at radius 2 is 1.95 bits per heavy atom. The molecule has 0 atom stereocenters. The normalized spacial score (nSPS) is 11.0. The Balaban J connectivity index is 2.00. The summed E-state index contributed by atoms with van der Waals surface area (Å²) >= 11 is 1.56. The van der Waals surface area contributed by atoms with Crippen LogP contribution >= 0.6 is 11.8 Å². The molecule has 0 aliphatic heterocycles. The molecule has 0 saturated carbocycles. The van der Waals surface area contributed by atoms with Gasteiger partial charge in [0, 0.05) is 18.5 Å². The molecular weight excluding hydrogens is 294 g/mol. The third kappa shape index (κ3) is 3.04. The summed E-state index contributed by atoms with van der Waals surface area (Å²) in [6.07, 6.45) is 2.68. The molecule has 22 heavy (non-hydrogen) atoms. The monoisotopic (exact) mass is 311 g/mol. The van der Waals surface area contributed by atoms with E-state index in [2.05, 4.69) is 16.9 Å². The van der Waals surface area contributed by atoms with Crippen molar-refractivity contribution in [3.63, 3.8) is 0 Å². The first-order valence-electron chi connectivity index (χ1n) is 7.32. The smallest absolute Gasteiger partial charge is 0.262 e. The molecule has 112 valence electrons. The summed E-state index contributed by atoms with van der Waals surface area (Å²) in [7, 11) is 0. The Hall–Kier alpha value is -2.14. The van der Waals surface area contributed by atoms with Gasteiger partial charge in [-0.3, -0.25) is 14.3 Å². The maximum atomic E-state index is 12.6. The molecule has 5 heteroatoms. The lowest BCUT2D eigenvalue weighted by Crippen LogP contribution is -2.23. The fourth-order valence-electron chi connectivity index (χ4n) is 2.30. The molecule has 0 bridgehead atoms. The number of fused-ring (bicyclic) bond motifs is 1. The Labute approximate surface area is 133 Å². The van der Waals surface area contributed by atoms with Crippen molar-refractivity contribution >= 4 is 22.7 Å². The van der Waals surface area contributed by atoms with Crippen molar-refractivity contribution < 1.29 is 0 Å². The van der Waals surface area contributed by atoms with Crippen molar-refractivity contribution in [2.75, 3.05) is 0 Å². The van der Waals surface area contributed by atoms with E-state index in [4.69, 9.17) is 0 Å². The SMILES string of the molecule is CCCn1c(SCc2ccccn2)nc2ccccc2c1=O. The van der Waals surface area contributed by atoms with Crippen molar-refractivity contribution in [3.05, 3.63) is 64.7 Å². The van der Waals surface area contributed by atoms with Crippen molar-refractivity contribution in [1.29, 1.82) is 0 Å². The summed E-state index contributed by atoms with van der Waals surface area (Å²) in [6, 6.07) is 13.4. The van der Waals surface area contributed by atoms with Crippen LogP contribution in [0.3, 0.4) is 0 Å². The van der Waals surface area contributed by atoms with Gasteiger partial charge in [0.05, 0.1) is 16.6 Å². The van der Waals surface area contributed by atoms with Gasteiger partial charge >= 0.3 is 0 Å². The largest absolute Gasteiger partial charge is 0.287 e. The summed E-state index contributed by atoms with van der Waals surface area (Å²) in [4.78, 5) is 21.6. The minimum atomic E-state index is 0.0379. The van der Waals surface area contributed by atoms with E-state index in [0.29, 0.717) is 17.7 Å². The van der Waals surface area contributed by atoms with E-state index in [1.807, 2.05) is 42.5 Å². The molecule has 0 amide bonds. The van der Waals surface area contributed by atoms with E-state index in [9.17, 15) is 4.79 Å². The van der Waals surface area contributed by atoms with E-state index >= 15 is 0 Å². The maximum Gasteiger partial charge on any atom is 0.262 e. The summed E-state index contributed by atoms with van der Waals surface area (Å²) in [5.41, 5.74) is 1.78. The van der Waals surface area contributed by atoms with Crippen LogP contribution in [0.2, 0.25) is 0 Å². The van der Waals surface area contributed by atoms with E-state index in [1.54, 1.807) is 22.5 Å². The van der Waals surface area contributed by atoms with Gasteiger partial charge in [0.2, 0.25) is 0 Å². The van der Waals surface area contributed by atoms with Crippen LogP contribution in [0, 0.1) is 0 Å². The number of nitrogens with zero attached hydrogens (tertiary/aromatic N) is 3. The lowest BCUT2D eigenvalue weighted by Gasteiger charge is -2.12. The van der Waals surface area contributed by atoms with Crippen LogP contribution in [0.15, 0.2) is 58.6 Å². The Kier molecular flexibility index (Phi) is 4.53. The summed E-state index contributed by atoms with van der Waals surface area (Å²) < 4.78 is 1.77. The maximum absolute atomic E-state index is 12.6. The predicted molar refractivity (Wildman–Crippen MR) is 90.1 cm³/mol. The predicted octanol–water partition coefficient (Wildman–Crippen LogP) is 3.49. The molecule has 2 heterocycles. The van der Waals surface area contributed by atoms with Gasteiger partial charge in [-0.1, -0.05) is 36.9 Å². The van der Waals surface area contributed by atoms with Crippen LogP contribution in [0.25, 0.3) is 10.9 Å². The van der Waals surface area contributed by atoms with E-state index < -0.39 is 0 Å². The van der Waals surface area contributed by atoms with Crippen molar-refractivity contribution in [1.82, 2.24) is 14.5 Å². The molecule has 2 aromatic heterocycles. The second-order valence-corrected chi connectivity index (χ2v) is 5.92. The van der Waals surface area contributed by atoms with Crippen molar-refractivity contribution in [2.24, 2.45) is 0 Å². The average molecular weight is 311 g/mol. The van der Waals surface area contributed by atoms with Crippen molar-refractivity contribution in [3.8, 4) is 0 Å². The molecule has 0 unspecified atom stereocenters. The summed E-state index contributed by atoms with van der Waals surface area (Å²) in [5.74, 6) is 0.704. The highest BCUT2D eigenvalue weighted by molar-refractivity contribution is 7.98. The second kappa shape index (κ2) is 6.75. The highest BCUT2D eigenvalue weighted by Crippen LogP contribution is 2.21. The molecule has 0 aliphatic rings. The number of benzene rings is 1. The lowest BCUT2D eigenvalue weighted by atomic mass is 10.2. The van der Waals surface area contributed by atoms with Gasteiger partial charge in [0.15, 0.2) is 5.16 Å². The highest BCUT2D eigenvalue weighted by atomic mass is 32.2. The Morgan fingerprint density at radius 1 is 1.14 bits per heavy atom. The standard InChI is InChI=1S/C17H17N3OS/c1-2-11-20-16(21)14-8-3-4-9-15(14)19-17(20)22-12-13-7-5-6-10-18-13/h3-10H,2,11-12H2,1H3. The minimum absolute atomic E-state index is 0.0379. The molecule has 0 radical (unpaired) electrons. The van der Waals surface area contributed by atoms with E-state index in [1.165, 1.54) is 0 Å². The fraction of sp³-hybridized carbons (Fsp3) is 0.235. The van der Waals surface area contributed by atoms with Gasteiger partial charge in [-0.2, -0.15) is 0 Å².